The van der Waals surface area contributed by atoms with Crippen LogP contribution in [0.1, 0.15) is 119 Å². The van der Waals surface area contributed by atoms with Gasteiger partial charge in [-0.25, -0.2) is 0 Å². The quantitative estimate of drug-likeness (QED) is 0.311. The molecule has 0 saturated heterocycles. The first kappa shape index (κ1) is 32.5. The van der Waals surface area contributed by atoms with Crippen molar-refractivity contribution in [3.05, 3.63) is 47.0 Å². The van der Waals surface area contributed by atoms with Crippen molar-refractivity contribution in [2.75, 3.05) is 7.05 Å². The number of carbonyl (C=O) groups is 3. The summed E-state index contributed by atoms with van der Waals surface area (Å²) in [5, 5.41) is 0. The van der Waals surface area contributed by atoms with E-state index >= 15 is 0 Å². The summed E-state index contributed by atoms with van der Waals surface area (Å²) >= 11 is 0. The highest BCUT2D eigenvalue weighted by Gasteiger charge is 2.71. The smallest absolute Gasteiger partial charge is 0.302 e. The average molecular weight is 616 g/mol. The van der Waals surface area contributed by atoms with Gasteiger partial charge in [-0.3, -0.25) is 14.4 Å². The molecule has 8 atom stereocenters. The highest BCUT2D eigenvalue weighted by molar-refractivity contribution is 6.06. The number of ether oxygens (including phenoxy) is 1. The molecule has 1 amide bonds. The molecular formula is C40H57NO4. The van der Waals surface area contributed by atoms with Crippen LogP contribution in [-0.2, 0) is 25.7 Å². The van der Waals surface area contributed by atoms with Crippen LogP contribution in [0, 0.1) is 50.7 Å². The molecule has 0 heterocycles. The molecule has 0 aromatic heterocycles. The monoisotopic (exact) mass is 615 g/mol. The van der Waals surface area contributed by atoms with Crippen LogP contribution < -0.4 is 0 Å². The van der Waals surface area contributed by atoms with E-state index in [0.717, 1.165) is 62.5 Å². The fourth-order valence-corrected chi connectivity index (χ4v) is 12.6. The molecule has 246 valence electrons. The predicted octanol–water partition coefficient (Wildman–Crippen LogP) is 8.56. The van der Waals surface area contributed by atoms with Crippen molar-refractivity contribution in [2.24, 2.45) is 50.7 Å². The molecule has 4 fully saturated rings. The number of hydrogen-bond donors (Lipinski definition) is 0. The number of ketones is 1. The zero-order valence-electron chi connectivity index (χ0n) is 29.4. The minimum absolute atomic E-state index is 0.0165. The van der Waals surface area contributed by atoms with Gasteiger partial charge in [0.1, 0.15) is 6.10 Å². The van der Waals surface area contributed by atoms with E-state index in [-0.39, 0.29) is 57.3 Å². The summed E-state index contributed by atoms with van der Waals surface area (Å²) in [6.45, 7) is 18.8. The van der Waals surface area contributed by atoms with Gasteiger partial charge >= 0.3 is 5.97 Å². The molecule has 5 heteroatoms. The Hall–Kier alpha value is -2.43. The van der Waals surface area contributed by atoms with Crippen LogP contribution in [0.3, 0.4) is 0 Å². The van der Waals surface area contributed by atoms with Gasteiger partial charge in [0.2, 0.25) is 5.91 Å². The first-order valence-electron chi connectivity index (χ1n) is 17.8. The molecule has 4 saturated carbocycles. The molecule has 0 bridgehead atoms. The molecule has 45 heavy (non-hydrogen) atoms. The lowest BCUT2D eigenvalue weighted by molar-refractivity contribution is -0.232. The summed E-state index contributed by atoms with van der Waals surface area (Å²) in [6.07, 6.45) is 8.53. The predicted molar refractivity (Wildman–Crippen MR) is 178 cm³/mol. The van der Waals surface area contributed by atoms with Gasteiger partial charge < -0.3 is 9.64 Å². The summed E-state index contributed by atoms with van der Waals surface area (Å²) in [5.41, 5.74) is 2.83. The van der Waals surface area contributed by atoms with Crippen LogP contribution in [0.5, 0.6) is 0 Å². The van der Waals surface area contributed by atoms with Crippen molar-refractivity contribution >= 4 is 17.7 Å². The van der Waals surface area contributed by atoms with E-state index in [1.54, 1.807) is 6.92 Å². The number of allylic oxidation sites excluding steroid dienone is 1. The lowest BCUT2D eigenvalue weighted by atomic mass is 9.33. The van der Waals surface area contributed by atoms with E-state index in [0.29, 0.717) is 24.8 Å². The Morgan fingerprint density at radius 1 is 0.889 bits per heavy atom. The van der Waals surface area contributed by atoms with Crippen LogP contribution in [0.2, 0.25) is 0 Å². The maximum atomic E-state index is 14.7. The van der Waals surface area contributed by atoms with Crippen molar-refractivity contribution in [1.29, 1.82) is 0 Å². The highest BCUT2D eigenvalue weighted by Crippen LogP contribution is 2.76. The van der Waals surface area contributed by atoms with E-state index in [2.05, 4.69) is 60.6 Å². The average Bonchev–Trinajstić information content (AvgIpc) is 3.28. The third-order valence-electron chi connectivity index (χ3n) is 14.7. The Kier molecular flexibility index (Phi) is 7.81. The molecule has 6 rings (SSSR count). The second kappa shape index (κ2) is 10.8. The summed E-state index contributed by atoms with van der Waals surface area (Å²) in [5.74, 6) is 1.60. The van der Waals surface area contributed by atoms with E-state index < -0.39 is 5.41 Å². The lowest BCUT2D eigenvalue weighted by Gasteiger charge is -2.72. The van der Waals surface area contributed by atoms with Crippen LogP contribution in [0.4, 0.5) is 0 Å². The van der Waals surface area contributed by atoms with Crippen molar-refractivity contribution in [2.45, 2.75) is 126 Å². The molecule has 5 aliphatic rings. The van der Waals surface area contributed by atoms with Gasteiger partial charge in [0, 0.05) is 32.4 Å². The third kappa shape index (κ3) is 4.55. The first-order chi connectivity index (χ1) is 21.0. The molecule has 5 aliphatic carbocycles. The minimum atomic E-state index is -0.710. The van der Waals surface area contributed by atoms with Crippen LogP contribution in [-0.4, -0.2) is 35.7 Å². The third-order valence-corrected chi connectivity index (χ3v) is 14.7. The summed E-state index contributed by atoms with van der Waals surface area (Å²) < 4.78 is 5.94. The van der Waals surface area contributed by atoms with Gasteiger partial charge in [0.25, 0.3) is 0 Å². The Bertz CT molecular complexity index is 1410. The van der Waals surface area contributed by atoms with Crippen molar-refractivity contribution in [3.63, 3.8) is 0 Å². The molecular weight excluding hydrogens is 558 g/mol. The van der Waals surface area contributed by atoms with Crippen LogP contribution in [0.15, 0.2) is 41.5 Å². The molecule has 1 aromatic rings. The van der Waals surface area contributed by atoms with Crippen LogP contribution >= 0.6 is 0 Å². The first-order valence-corrected chi connectivity index (χ1v) is 17.8. The number of carbonyl (C=O) groups excluding carboxylic acids is 3. The van der Waals surface area contributed by atoms with Crippen molar-refractivity contribution in [1.82, 2.24) is 4.90 Å². The molecule has 0 N–H and O–H groups in total. The zero-order chi connectivity index (χ0) is 32.7. The highest BCUT2D eigenvalue weighted by atomic mass is 16.5. The summed E-state index contributed by atoms with van der Waals surface area (Å²) in [7, 11) is 1.93. The fourth-order valence-electron chi connectivity index (χ4n) is 12.6. The largest absolute Gasteiger partial charge is 0.462 e. The van der Waals surface area contributed by atoms with Gasteiger partial charge in [-0.05, 0) is 108 Å². The second-order valence-electron chi connectivity index (χ2n) is 17.4. The van der Waals surface area contributed by atoms with Crippen LogP contribution in [0.25, 0.3) is 0 Å². The van der Waals surface area contributed by atoms with E-state index in [4.69, 9.17) is 4.74 Å². The fraction of sp³-hybridized carbons (Fsp3) is 0.725. The number of esters is 1. The number of nitrogens with zero attached hydrogens (tertiary/aromatic N) is 1. The Labute approximate surface area is 271 Å². The SMILES string of the molecule is CC(=O)O[C@H]1CC[C@@]2(C)C(CC[C@]3(C)C2CCC2C4=C(C(C)C)C(=O)C[C@]4(C(=O)N(C)Cc4ccccc4)CC[C@]23C)C1(C)C. The van der Waals surface area contributed by atoms with E-state index in [1.807, 2.05) is 30.1 Å². The number of benzene rings is 1. The summed E-state index contributed by atoms with van der Waals surface area (Å²) in [4.78, 5) is 42.6. The topological polar surface area (TPSA) is 63.7 Å². The van der Waals surface area contributed by atoms with Gasteiger partial charge in [0.15, 0.2) is 5.78 Å². The van der Waals surface area contributed by atoms with Crippen molar-refractivity contribution in [3.8, 4) is 0 Å². The molecule has 0 spiro atoms. The maximum absolute atomic E-state index is 14.7. The molecule has 0 radical (unpaired) electrons. The number of amides is 1. The number of rotatable bonds is 5. The Balaban J connectivity index is 1.37. The Morgan fingerprint density at radius 3 is 2.22 bits per heavy atom. The van der Waals surface area contributed by atoms with E-state index in [1.165, 1.54) is 5.57 Å². The number of Topliss-reactive ketones (excluding diaryl/α,β-unsaturated/α-hetero) is 1. The lowest BCUT2D eigenvalue weighted by Crippen LogP contribution is -2.66. The standard InChI is InChI=1S/C40H57NO4/c1-25(2)33-29(43)23-40(35(44)41(9)24-27-13-11-10-12-14-27)22-21-38(7)28(34(33)40)15-16-31-37(6)19-18-32(45-26(3)42)36(4,5)30(37)17-20-39(31,38)8/h10-14,25,28,30-32H,15-24H2,1-9H3/t28?,30?,31?,32-,37-,38+,39+,40+/m0/s1. The number of fused-ring (bicyclic) bond motifs is 7. The maximum Gasteiger partial charge on any atom is 0.302 e. The van der Waals surface area contributed by atoms with Gasteiger partial charge in [-0.2, -0.15) is 0 Å². The zero-order valence-corrected chi connectivity index (χ0v) is 29.4. The molecule has 1 aromatic carbocycles. The van der Waals surface area contributed by atoms with Gasteiger partial charge in [0.05, 0.1) is 5.41 Å². The minimum Gasteiger partial charge on any atom is -0.462 e. The number of hydrogen-bond acceptors (Lipinski definition) is 4. The molecule has 0 aliphatic heterocycles. The normalized spacial score (nSPS) is 40.3. The summed E-state index contributed by atoms with van der Waals surface area (Å²) in [6, 6.07) is 10.2. The van der Waals surface area contributed by atoms with E-state index in [9.17, 15) is 14.4 Å². The second-order valence-corrected chi connectivity index (χ2v) is 17.4. The van der Waals surface area contributed by atoms with Gasteiger partial charge in [-0.15, -0.1) is 0 Å². The van der Waals surface area contributed by atoms with Crippen molar-refractivity contribution < 1.29 is 19.1 Å². The molecule has 3 unspecified atom stereocenters. The Morgan fingerprint density at radius 2 is 1.58 bits per heavy atom. The van der Waals surface area contributed by atoms with Gasteiger partial charge in [-0.1, -0.05) is 78.8 Å². The molecule has 5 nitrogen and oxygen atoms in total.